The Bertz CT molecular complexity index is 1130. The second-order valence-electron chi connectivity index (χ2n) is 9.31. The average Bonchev–Trinajstić information content (AvgIpc) is 3.42. The number of primary amides is 1. The van der Waals surface area contributed by atoms with Gasteiger partial charge in [-0.1, -0.05) is 24.6 Å². The Kier molecular flexibility index (Phi) is 9.25. The summed E-state index contributed by atoms with van der Waals surface area (Å²) in [4.78, 5) is 47.4. The van der Waals surface area contributed by atoms with Crippen molar-refractivity contribution < 1.29 is 31.9 Å². The maximum atomic E-state index is 12.4. The lowest BCUT2D eigenvalue weighted by atomic mass is 10.1. The highest BCUT2D eigenvalue weighted by molar-refractivity contribution is 7.90. The normalized spacial score (nSPS) is 26.7. The van der Waals surface area contributed by atoms with E-state index in [1.807, 2.05) is 6.08 Å². The minimum atomic E-state index is -3.98. The number of rotatable bonds is 1. The van der Waals surface area contributed by atoms with Gasteiger partial charge in [0, 0.05) is 35.8 Å². The lowest BCUT2D eigenvalue weighted by Crippen LogP contribution is -2.42. The van der Waals surface area contributed by atoms with Crippen molar-refractivity contribution in [2.45, 2.75) is 62.8 Å². The molecule has 202 valence electrons. The number of sulfonamides is 1. The van der Waals surface area contributed by atoms with E-state index in [1.54, 1.807) is 6.07 Å². The van der Waals surface area contributed by atoms with Crippen molar-refractivity contribution in [3.05, 3.63) is 42.0 Å². The molecule has 1 saturated carbocycles. The van der Waals surface area contributed by atoms with Crippen LogP contribution in [0.3, 0.4) is 0 Å². The van der Waals surface area contributed by atoms with Gasteiger partial charge in [-0.05, 0) is 62.6 Å². The first kappa shape index (κ1) is 27.4. The quantitative estimate of drug-likeness (QED) is 0.478. The maximum Gasteiger partial charge on any atom is 0.264 e. The molecular formula is C25H40N4O6S. The fourth-order valence-corrected chi connectivity index (χ4v) is 5.45. The Morgan fingerprint density at radius 2 is 1.92 bits per heavy atom. The highest BCUT2D eigenvalue weighted by Gasteiger charge is 2.42. The van der Waals surface area contributed by atoms with Crippen molar-refractivity contribution in [2.75, 3.05) is 13.1 Å². The second kappa shape index (κ2) is 12.2. The van der Waals surface area contributed by atoms with E-state index in [0.717, 1.165) is 38.5 Å². The molecule has 0 aromatic heterocycles. The van der Waals surface area contributed by atoms with E-state index in [-0.39, 0.29) is 44.4 Å². The number of hydrogen-bond acceptors (Lipinski definition) is 6. The first-order chi connectivity index (χ1) is 17.1. The van der Waals surface area contributed by atoms with Gasteiger partial charge < -0.3 is 16.0 Å². The largest absolute Gasteiger partial charge is 0.368 e. The number of hydrogen-bond donors (Lipinski definition) is 3. The van der Waals surface area contributed by atoms with Gasteiger partial charge in [-0.3, -0.25) is 19.2 Å². The highest BCUT2D eigenvalue weighted by atomic mass is 32.2. The topological polar surface area (TPSA) is 156 Å². The molecule has 11 heteroatoms. The third kappa shape index (κ3) is 7.39. The van der Waals surface area contributed by atoms with E-state index in [1.165, 1.54) is 30.0 Å². The Balaban J connectivity index is 0.000000882. The van der Waals surface area contributed by atoms with Crippen molar-refractivity contribution in [3.8, 4) is 0 Å². The molecule has 0 radical (unpaired) electrons. The summed E-state index contributed by atoms with van der Waals surface area (Å²) in [5.41, 5.74) is 5.36. The van der Waals surface area contributed by atoms with E-state index >= 15 is 0 Å². The fourth-order valence-electron chi connectivity index (χ4n) is 4.38. The number of nitrogens with one attached hydrogen (secondary N) is 2. The summed E-state index contributed by atoms with van der Waals surface area (Å²) in [6.45, 7) is 2.69. The lowest BCUT2D eigenvalue weighted by molar-refractivity contribution is -0.135. The van der Waals surface area contributed by atoms with Crippen molar-refractivity contribution in [3.63, 3.8) is 0 Å². The molecule has 3 aliphatic rings. The summed E-state index contributed by atoms with van der Waals surface area (Å²) >= 11 is 0. The zero-order valence-corrected chi connectivity index (χ0v) is 21.3. The number of carbonyl (C=O) groups is 4. The number of carbonyl (C=O) groups excluding carboxylic acids is 4. The third-order valence-electron chi connectivity index (χ3n) is 6.52. The fraction of sp³-hybridized carbons (Fsp3) is 0.520. The summed E-state index contributed by atoms with van der Waals surface area (Å²) in [6.07, 6.45) is 10.2. The van der Waals surface area contributed by atoms with Gasteiger partial charge in [0.25, 0.3) is 15.9 Å². The smallest absolute Gasteiger partial charge is 0.264 e. The lowest BCUT2D eigenvalue weighted by Gasteiger charge is -2.19. The highest BCUT2D eigenvalue weighted by Crippen LogP contribution is 2.40. The maximum absolute atomic E-state index is 12.4. The number of allylic oxidation sites excluding steroid dienone is 2. The molecule has 36 heavy (non-hydrogen) atoms. The molecule has 2 fully saturated rings. The van der Waals surface area contributed by atoms with Gasteiger partial charge in [0.05, 0.1) is 4.90 Å². The van der Waals surface area contributed by atoms with Gasteiger partial charge in [-0.25, -0.2) is 13.1 Å². The Hall–Kier alpha value is -3.21. The number of fused-ring (bicyclic) bond motifs is 3. The Morgan fingerprint density at radius 3 is 2.61 bits per heavy atom. The minimum Gasteiger partial charge on any atom is -0.368 e. The van der Waals surface area contributed by atoms with Crippen molar-refractivity contribution in [1.29, 1.82) is 0 Å². The summed E-state index contributed by atoms with van der Waals surface area (Å²) in [5.74, 6) is -1.40. The van der Waals surface area contributed by atoms with E-state index in [9.17, 15) is 27.6 Å². The summed E-state index contributed by atoms with van der Waals surface area (Å²) < 4.78 is 27.0. The predicted molar refractivity (Wildman–Crippen MR) is 139 cm³/mol. The molecular weight excluding hydrogens is 484 g/mol. The van der Waals surface area contributed by atoms with E-state index in [0.29, 0.717) is 19.5 Å². The summed E-state index contributed by atoms with van der Waals surface area (Å²) in [6, 6.07) is 5.39. The minimum absolute atomic E-state index is 0. The van der Waals surface area contributed by atoms with Gasteiger partial charge in [-0.15, -0.1) is 0 Å². The van der Waals surface area contributed by atoms with Crippen LogP contribution in [0.25, 0.3) is 0 Å². The van der Waals surface area contributed by atoms with Crippen molar-refractivity contribution in [1.82, 2.24) is 14.9 Å². The molecule has 2 bridgehead atoms. The van der Waals surface area contributed by atoms with Gasteiger partial charge in [-0.2, -0.15) is 0 Å². The predicted octanol–water partition coefficient (Wildman–Crippen LogP) is 2.21. The van der Waals surface area contributed by atoms with E-state index in [4.69, 9.17) is 5.73 Å². The van der Waals surface area contributed by atoms with Gasteiger partial charge in [0.1, 0.15) is 6.04 Å². The van der Waals surface area contributed by atoms with Crippen LogP contribution < -0.4 is 15.8 Å². The first-order valence-electron chi connectivity index (χ1n) is 12.3. The van der Waals surface area contributed by atoms with Crippen LogP contribution in [0.2, 0.25) is 0 Å². The molecule has 1 aliphatic carbocycles. The van der Waals surface area contributed by atoms with Crippen LogP contribution in [0.15, 0.2) is 41.3 Å². The zero-order chi connectivity index (χ0) is 26.3. The number of amides is 4. The standard InChI is InChI=1S/C18H22N2O4S.C7H12N2O2.3H2/c21-17-14-8-6-9-15(11-14)25(23,24)20-18(22)16-12-13(16)7-4-2-1-3-5-10-19-17;1-5(10)9-4-2-3-6(9)7(8)11;;;/h4,6-9,11,13,16H,1-3,5,10,12H2,(H,19,21)(H,20,22);6H,2-4H2,1H3,(H2,8,11);3*1H/b7-4-;;;;/t13-,16+;6-;;;/m10.../s1. The van der Waals surface area contributed by atoms with Gasteiger partial charge in [0.2, 0.25) is 17.7 Å². The Labute approximate surface area is 216 Å². The molecule has 0 spiro atoms. The second-order valence-corrected chi connectivity index (χ2v) is 11.0. The van der Waals surface area contributed by atoms with Gasteiger partial charge in [0.15, 0.2) is 0 Å². The molecule has 2 heterocycles. The number of benzene rings is 1. The Morgan fingerprint density at radius 1 is 1.14 bits per heavy atom. The molecule has 1 aromatic carbocycles. The average molecular weight is 525 g/mol. The number of nitrogens with zero attached hydrogens (tertiary/aromatic N) is 1. The zero-order valence-electron chi connectivity index (χ0n) is 20.4. The number of nitrogens with two attached hydrogens (primary N) is 1. The van der Waals surface area contributed by atoms with Crippen LogP contribution in [-0.2, 0) is 24.4 Å². The third-order valence-corrected chi connectivity index (χ3v) is 7.86. The van der Waals surface area contributed by atoms with Crippen molar-refractivity contribution in [2.24, 2.45) is 17.6 Å². The van der Waals surface area contributed by atoms with Crippen LogP contribution >= 0.6 is 0 Å². The van der Waals surface area contributed by atoms with Crippen LogP contribution in [0, 0.1) is 11.8 Å². The molecule has 1 aromatic rings. The summed E-state index contributed by atoms with van der Waals surface area (Å²) in [7, 11) is -3.98. The van der Waals surface area contributed by atoms with Gasteiger partial charge >= 0.3 is 0 Å². The van der Waals surface area contributed by atoms with Crippen LogP contribution in [0.1, 0.15) is 66.5 Å². The number of likely N-dealkylation sites (tertiary alicyclic amines) is 1. The molecule has 1 saturated heterocycles. The molecule has 4 amide bonds. The van der Waals surface area contributed by atoms with E-state index in [2.05, 4.69) is 16.1 Å². The molecule has 10 nitrogen and oxygen atoms in total. The summed E-state index contributed by atoms with van der Waals surface area (Å²) in [5, 5.41) is 2.80. The molecule has 4 N–H and O–H groups in total. The first-order valence-corrected chi connectivity index (χ1v) is 13.8. The molecule has 2 aliphatic heterocycles. The van der Waals surface area contributed by atoms with Crippen molar-refractivity contribution >= 4 is 33.7 Å². The van der Waals surface area contributed by atoms with E-state index < -0.39 is 21.8 Å². The monoisotopic (exact) mass is 524 g/mol. The van der Waals surface area contributed by atoms with Crippen LogP contribution in [0.5, 0.6) is 0 Å². The van der Waals surface area contributed by atoms with Crippen LogP contribution in [-0.4, -0.2) is 56.1 Å². The molecule has 3 atom stereocenters. The molecule has 4 rings (SSSR count). The van der Waals surface area contributed by atoms with Crippen LogP contribution in [0.4, 0.5) is 0 Å². The SMILES string of the molecule is CC(=O)N1CCC[C@H]1C(N)=O.O=C1NCCCCC/C=C\[C@@H]2C[C@@H]2C(=O)NS(=O)(=O)c2cccc1c2.[HH].[HH].[HH]. The molecule has 0 unspecified atom stereocenters.